The standard InChI is InChI=1S/C20H18N2O3/c1-25-15-8-3-7-14(11-15)21-20(24)17-12-22-10-4-6-13-5-2-9-16(18(13)22)19(17)23/h2-3,5,7-9,11-12H,4,6,10H2,1H3,(H,21,24). The van der Waals surface area contributed by atoms with Crippen LogP contribution >= 0.6 is 0 Å². The third-order valence-corrected chi connectivity index (χ3v) is 4.60. The van der Waals surface area contributed by atoms with Crippen molar-refractivity contribution in [2.45, 2.75) is 19.4 Å². The van der Waals surface area contributed by atoms with Crippen LogP contribution in [0.3, 0.4) is 0 Å². The molecular weight excluding hydrogens is 316 g/mol. The molecule has 2 heterocycles. The average molecular weight is 334 g/mol. The highest BCUT2D eigenvalue weighted by atomic mass is 16.5. The number of amides is 1. The molecule has 0 saturated heterocycles. The van der Waals surface area contributed by atoms with Crippen molar-refractivity contribution in [3.05, 3.63) is 70.0 Å². The fraction of sp³-hybridized carbons (Fsp3) is 0.200. The van der Waals surface area contributed by atoms with E-state index in [2.05, 4.69) is 5.32 Å². The van der Waals surface area contributed by atoms with Gasteiger partial charge in [0, 0.05) is 29.9 Å². The van der Waals surface area contributed by atoms with Crippen LogP contribution in [0.1, 0.15) is 22.3 Å². The zero-order valence-corrected chi connectivity index (χ0v) is 13.9. The molecule has 0 saturated carbocycles. The van der Waals surface area contributed by atoms with Crippen molar-refractivity contribution in [2.75, 3.05) is 12.4 Å². The Morgan fingerprint density at radius 1 is 1.20 bits per heavy atom. The van der Waals surface area contributed by atoms with Gasteiger partial charge in [-0.2, -0.15) is 0 Å². The summed E-state index contributed by atoms with van der Waals surface area (Å²) in [5.41, 5.74) is 2.65. The van der Waals surface area contributed by atoms with Crippen LogP contribution in [0, 0.1) is 0 Å². The lowest BCUT2D eigenvalue weighted by Crippen LogP contribution is -2.25. The predicted molar refractivity (Wildman–Crippen MR) is 97.5 cm³/mol. The van der Waals surface area contributed by atoms with Crippen molar-refractivity contribution >= 4 is 22.5 Å². The maximum absolute atomic E-state index is 12.8. The van der Waals surface area contributed by atoms with Gasteiger partial charge in [-0.25, -0.2) is 0 Å². The highest BCUT2D eigenvalue weighted by molar-refractivity contribution is 6.06. The van der Waals surface area contributed by atoms with Gasteiger partial charge in [-0.3, -0.25) is 9.59 Å². The lowest BCUT2D eigenvalue weighted by molar-refractivity contribution is 0.102. The van der Waals surface area contributed by atoms with Gasteiger partial charge in [0.15, 0.2) is 0 Å². The van der Waals surface area contributed by atoms with Crippen molar-refractivity contribution in [3.8, 4) is 5.75 Å². The lowest BCUT2D eigenvalue weighted by Gasteiger charge is -2.20. The van der Waals surface area contributed by atoms with E-state index in [-0.39, 0.29) is 11.0 Å². The largest absolute Gasteiger partial charge is 0.497 e. The molecule has 0 radical (unpaired) electrons. The summed E-state index contributed by atoms with van der Waals surface area (Å²) in [6.45, 7) is 0.813. The summed E-state index contributed by atoms with van der Waals surface area (Å²) in [6.07, 6.45) is 3.65. The maximum atomic E-state index is 12.8. The zero-order chi connectivity index (χ0) is 17.4. The van der Waals surface area contributed by atoms with Gasteiger partial charge in [-0.15, -0.1) is 0 Å². The number of pyridine rings is 1. The van der Waals surface area contributed by atoms with Gasteiger partial charge in [-0.1, -0.05) is 18.2 Å². The zero-order valence-electron chi connectivity index (χ0n) is 13.9. The number of aryl methyl sites for hydroxylation is 2. The summed E-state index contributed by atoms with van der Waals surface area (Å²) in [6, 6.07) is 12.8. The first-order valence-electron chi connectivity index (χ1n) is 8.28. The van der Waals surface area contributed by atoms with Crippen LogP contribution in [-0.4, -0.2) is 17.6 Å². The van der Waals surface area contributed by atoms with E-state index in [0.717, 1.165) is 24.9 Å². The first-order valence-corrected chi connectivity index (χ1v) is 8.28. The first kappa shape index (κ1) is 15.4. The number of nitrogens with one attached hydrogen (secondary N) is 1. The van der Waals surface area contributed by atoms with Gasteiger partial charge in [0.25, 0.3) is 5.91 Å². The number of hydrogen-bond donors (Lipinski definition) is 1. The van der Waals surface area contributed by atoms with Crippen LogP contribution in [0.15, 0.2) is 53.5 Å². The van der Waals surface area contributed by atoms with E-state index in [1.807, 2.05) is 16.7 Å². The van der Waals surface area contributed by atoms with Crippen LogP contribution in [0.4, 0.5) is 5.69 Å². The number of nitrogens with zero attached hydrogens (tertiary/aromatic N) is 1. The van der Waals surface area contributed by atoms with Crippen molar-refractivity contribution in [2.24, 2.45) is 0 Å². The molecule has 0 unspecified atom stereocenters. The quantitative estimate of drug-likeness (QED) is 0.800. The van der Waals surface area contributed by atoms with Gasteiger partial charge in [0.1, 0.15) is 11.3 Å². The molecule has 25 heavy (non-hydrogen) atoms. The second-order valence-corrected chi connectivity index (χ2v) is 6.17. The average Bonchev–Trinajstić information content (AvgIpc) is 2.64. The third kappa shape index (κ3) is 2.67. The van der Waals surface area contributed by atoms with E-state index in [9.17, 15) is 9.59 Å². The fourth-order valence-corrected chi connectivity index (χ4v) is 3.42. The number of benzene rings is 2. The Morgan fingerprint density at radius 3 is 2.88 bits per heavy atom. The van der Waals surface area contributed by atoms with E-state index in [1.165, 1.54) is 5.56 Å². The van der Waals surface area contributed by atoms with Crippen molar-refractivity contribution in [1.82, 2.24) is 4.57 Å². The number of carbonyl (C=O) groups is 1. The Kier molecular flexibility index (Phi) is 3.76. The monoisotopic (exact) mass is 334 g/mol. The molecular formula is C20H18N2O3. The molecule has 3 aromatic rings. The number of para-hydroxylation sites is 1. The van der Waals surface area contributed by atoms with Gasteiger partial charge in [0.2, 0.25) is 5.43 Å². The summed E-state index contributed by atoms with van der Waals surface area (Å²) in [5, 5.41) is 3.40. The van der Waals surface area contributed by atoms with Crippen LogP contribution in [-0.2, 0) is 13.0 Å². The van der Waals surface area contributed by atoms with Crippen molar-refractivity contribution in [3.63, 3.8) is 0 Å². The van der Waals surface area contributed by atoms with Crippen LogP contribution in [0.25, 0.3) is 10.9 Å². The van der Waals surface area contributed by atoms with Gasteiger partial charge >= 0.3 is 0 Å². The third-order valence-electron chi connectivity index (χ3n) is 4.60. The van der Waals surface area contributed by atoms with E-state index in [1.54, 1.807) is 43.6 Å². The summed E-state index contributed by atoms with van der Waals surface area (Å²) in [7, 11) is 1.57. The minimum absolute atomic E-state index is 0.161. The van der Waals surface area contributed by atoms with Crippen molar-refractivity contribution < 1.29 is 9.53 Å². The molecule has 0 bridgehead atoms. The molecule has 1 amide bonds. The molecule has 5 heteroatoms. The molecule has 4 rings (SSSR count). The second-order valence-electron chi connectivity index (χ2n) is 6.17. The Bertz CT molecular complexity index is 1040. The summed E-state index contributed by atoms with van der Waals surface area (Å²) >= 11 is 0. The Morgan fingerprint density at radius 2 is 2.04 bits per heavy atom. The molecule has 0 aliphatic carbocycles. The minimum Gasteiger partial charge on any atom is -0.497 e. The smallest absolute Gasteiger partial charge is 0.261 e. The topological polar surface area (TPSA) is 60.3 Å². The van der Waals surface area contributed by atoms with Gasteiger partial charge in [-0.05, 0) is 36.6 Å². The second kappa shape index (κ2) is 6.09. The highest BCUT2D eigenvalue weighted by Crippen LogP contribution is 2.24. The summed E-state index contributed by atoms with van der Waals surface area (Å²) < 4.78 is 7.19. The number of carbonyl (C=O) groups excluding carboxylic acids is 1. The van der Waals surface area contributed by atoms with Crippen LogP contribution < -0.4 is 15.5 Å². The fourth-order valence-electron chi connectivity index (χ4n) is 3.42. The highest BCUT2D eigenvalue weighted by Gasteiger charge is 2.19. The molecule has 0 fully saturated rings. The molecule has 1 N–H and O–H groups in total. The van der Waals surface area contributed by atoms with Crippen LogP contribution in [0.5, 0.6) is 5.75 Å². The lowest BCUT2D eigenvalue weighted by atomic mass is 10.00. The summed E-state index contributed by atoms with van der Waals surface area (Å²) in [5.74, 6) is 0.243. The number of methoxy groups -OCH3 is 1. The Labute approximate surface area is 144 Å². The number of hydrogen-bond acceptors (Lipinski definition) is 3. The van der Waals surface area contributed by atoms with E-state index >= 15 is 0 Å². The molecule has 0 atom stereocenters. The minimum atomic E-state index is -0.403. The molecule has 1 aliphatic rings. The number of rotatable bonds is 3. The molecule has 1 aliphatic heterocycles. The van der Waals surface area contributed by atoms with E-state index in [4.69, 9.17) is 4.74 Å². The number of ether oxygens (including phenoxy) is 1. The number of anilines is 1. The molecule has 5 nitrogen and oxygen atoms in total. The first-order chi connectivity index (χ1) is 12.2. The Balaban J connectivity index is 1.78. The summed E-state index contributed by atoms with van der Waals surface area (Å²) in [4.78, 5) is 25.5. The molecule has 1 aromatic heterocycles. The van der Waals surface area contributed by atoms with E-state index < -0.39 is 5.91 Å². The van der Waals surface area contributed by atoms with E-state index in [0.29, 0.717) is 16.8 Å². The van der Waals surface area contributed by atoms with Crippen molar-refractivity contribution in [1.29, 1.82) is 0 Å². The van der Waals surface area contributed by atoms with Gasteiger partial charge < -0.3 is 14.6 Å². The van der Waals surface area contributed by atoms with Crippen LogP contribution in [0.2, 0.25) is 0 Å². The molecule has 0 spiro atoms. The Hall–Kier alpha value is -3.08. The maximum Gasteiger partial charge on any atom is 0.261 e. The normalized spacial score (nSPS) is 12.8. The predicted octanol–water partition coefficient (Wildman–Crippen LogP) is 3.21. The molecule has 126 valence electrons. The van der Waals surface area contributed by atoms with Gasteiger partial charge in [0.05, 0.1) is 12.6 Å². The number of aromatic nitrogens is 1. The SMILES string of the molecule is COc1cccc(NC(=O)c2cn3c4c(cccc4c2=O)CCC3)c1. The molecule has 2 aromatic carbocycles.